The number of hydrogen-bond acceptors (Lipinski definition) is 4. The lowest BCUT2D eigenvalue weighted by atomic mass is 9.82. The first-order chi connectivity index (χ1) is 22.1. The lowest BCUT2D eigenvalue weighted by Crippen LogP contribution is -2.55. The summed E-state index contributed by atoms with van der Waals surface area (Å²) in [5.41, 5.74) is 4.11. The maximum Gasteiger partial charge on any atom is 0.737 e. The van der Waals surface area contributed by atoms with Crippen molar-refractivity contribution in [2.24, 2.45) is 0 Å². The summed E-state index contributed by atoms with van der Waals surface area (Å²) in [4.78, 5) is 28.6. The first kappa shape index (κ1) is 30.6. The third-order valence-electron chi connectivity index (χ3n) is 10.4. The summed E-state index contributed by atoms with van der Waals surface area (Å²) in [5, 5.41) is 11.7. The van der Waals surface area contributed by atoms with Crippen LogP contribution in [0.5, 0.6) is 0 Å². The molecule has 2 amide bonds. The molecule has 4 aliphatic rings. The molecule has 0 saturated carbocycles. The molecular formula is C34H42BF2N7O2. The van der Waals surface area contributed by atoms with Gasteiger partial charge in [-0.15, -0.1) is 0 Å². The van der Waals surface area contributed by atoms with Crippen LogP contribution in [0, 0.1) is 13.8 Å². The molecule has 1 unspecified atom stereocenters. The zero-order valence-electron chi connectivity index (χ0n) is 26.8. The van der Waals surface area contributed by atoms with Crippen molar-refractivity contribution in [3.05, 3.63) is 70.8 Å². The highest BCUT2D eigenvalue weighted by Gasteiger charge is 2.52. The van der Waals surface area contributed by atoms with E-state index in [1.165, 1.54) is 19.3 Å². The predicted octanol–water partition coefficient (Wildman–Crippen LogP) is 4.79. The van der Waals surface area contributed by atoms with E-state index in [9.17, 15) is 9.59 Å². The minimum absolute atomic E-state index is 0.111. The fourth-order valence-corrected chi connectivity index (χ4v) is 8.14. The van der Waals surface area contributed by atoms with Gasteiger partial charge in [0, 0.05) is 73.4 Å². The number of benzene rings is 1. The molecule has 0 radical (unpaired) electrons. The van der Waals surface area contributed by atoms with E-state index in [1.54, 1.807) is 31.2 Å². The van der Waals surface area contributed by atoms with Gasteiger partial charge in [-0.25, -0.2) is 0 Å². The van der Waals surface area contributed by atoms with Gasteiger partial charge in [0.1, 0.15) is 5.71 Å². The fraction of sp³-hybridized carbons (Fsp3) is 0.471. The Bertz CT molecular complexity index is 1790. The van der Waals surface area contributed by atoms with E-state index in [0.29, 0.717) is 60.1 Å². The minimum Gasteiger partial charge on any atom is -0.394 e. The van der Waals surface area contributed by atoms with E-state index in [0.717, 1.165) is 38.3 Å². The van der Waals surface area contributed by atoms with E-state index in [2.05, 4.69) is 22.6 Å². The monoisotopic (exact) mass is 629 g/mol. The highest BCUT2D eigenvalue weighted by Crippen LogP contribution is 2.35. The van der Waals surface area contributed by atoms with Crippen LogP contribution < -0.4 is 10.6 Å². The van der Waals surface area contributed by atoms with Crippen molar-refractivity contribution in [2.75, 3.05) is 13.6 Å². The Morgan fingerprint density at radius 2 is 1.87 bits per heavy atom. The van der Waals surface area contributed by atoms with Crippen LogP contribution >= 0.6 is 0 Å². The van der Waals surface area contributed by atoms with Crippen molar-refractivity contribution in [3.63, 3.8) is 0 Å². The Morgan fingerprint density at radius 3 is 2.65 bits per heavy atom. The van der Waals surface area contributed by atoms with Crippen molar-refractivity contribution in [2.45, 2.75) is 89.9 Å². The summed E-state index contributed by atoms with van der Waals surface area (Å²) in [7, 11) is 2.21. The topological polar surface area (TPSA) is 87.2 Å². The fourth-order valence-electron chi connectivity index (χ4n) is 8.14. The number of aryl methyl sites for hydroxylation is 3. The Kier molecular flexibility index (Phi) is 7.95. The summed E-state index contributed by atoms with van der Waals surface area (Å²) in [6, 6.07) is 10.7. The Hall–Kier alpha value is -4.06. The van der Waals surface area contributed by atoms with Gasteiger partial charge in [-0.2, -0.15) is 5.10 Å². The lowest BCUT2D eigenvalue weighted by molar-refractivity contribution is -0.362. The Labute approximate surface area is 268 Å². The molecule has 9 nitrogen and oxygen atoms in total. The Balaban J connectivity index is 0.940. The average Bonchev–Trinajstić information content (AvgIpc) is 3.69. The molecular weight excluding hydrogens is 587 g/mol. The van der Waals surface area contributed by atoms with Crippen LogP contribution in [0.1, 0.15) is 78.8 Å². The first-order valence-corrected chi connectivity index (χ1v) is 16.6. The molecule has 2 aromatic heterocycles. The zero-order chi connectivity index (χ0) is 32.2. The second kappa shape index (κ2) is 11.9. The molecule has 6 heterocycles. The van der Waals surface area contributed by atoms with Crippen molar-refractivity contribution in [1.82, 2.24) is 29.8 Å². The molecule has 2 fully saturated rings. The quantitative estimate of drug-likeness (QED) is 0.264. The van der Waals surface area contributed by atoms with Gasteiger partial charge < -0.3 is 33.1 Å². The van der Waals surface area contributed by atoms with Gasteiger partial charge in [0.25, 0.3) is 5.91 Å². The van der Waals surface area contributed by atoms with E-state index in [1.807, 2.05) is 35.9 Å². The molecule has 0 aliphatic carbocycles. The van der Waals surface area contributed by atoms with Crippen LogP contribution in [-0.2, 0) is 11.3 Å². The van der Waals surface area contributed by atoms with Gasteiger partial charge in [-0.05, 0) is 76.4 Å². The highest BCUT2D eigenvalue weighted by molar-refractivity contribution is 6.58. The summed E-state index contributed by atoms with van der Waals surface area (Å²) < 4.78 is 35.4. The zero-order valence-corrected chi connectivity index (χ0v) is 26.8. The van der Waals surface area contributed by atoms with Crippen LogP contribution in [0.4, 0.5) is 8.63 Å². The van der Waals surface area contributed by atoms with Crippen LogP contribution in [0.2, 0.25) is 0 Å². The van der Waals surface area contributed by atoms with E-state index in [4.69, 9.17) is 5.10 Å². The Morgan fingerprint density at radius 1 is 1.11 bits per heavy atom. The van der Waals surface area contributed by atoms with Crippen LogP contribution in [0.3, 0.4) is 0 Å². The number of halogens is 2. The number of nitrogens with one attached hydrogen (secondary N) is 2. The van der Waals surface area contributed by atoms with Gasteiger partial charge in [-0.1, -0.05) is 24.6 Å². The van der Waals surface area contributed by atoms with Crippen molar-refractivity contribution in [3.8, 4) is 0 Å². The molecule has 2 N–H and O–H groups in total. The molecule has 46 heavy (non-hydrogen) atoms. The smallest absolute Gasteiger partial charge is 0.394 e. The number of para-hydroxylation sites is 1. The van der Waals surface area contributed by atoms with E-state index >= 15 is 8.63 Å². The van der Waals surface area contributed by atoms with Crippen molar-refractivity contribution >= 4 is 41.5 Å². The number of fused-ring (bicyclic) bond motifs is 5. The molecule has 12 heteroatoms. The van der Waals surface area contributed by atoms with Gasteiger partial charge in [0.2, 0.25) is 5.91 Å². The standard InChI is InChI=1S/C34H42BF2N7O2/c1-22-18-23(2)43-31(22)21-28-13-12-25(44(28)35(43,36)37)14-15-32(45)38-16-7-17-42-30-11-5-4-10-29(30)33(40-42)34(46)39-24-19-26-8-6-9-27(20-24)41(26)3/h4-5,10-13,18,21,24,26-27H,6-9,14-17,19-20H2,1-3H3,(H,38,45)(H,39,46)/t24?,26-,27+. The van der Waals surface area contributed by atoms with Crippen LogP contribution in [0.25, 0.3) is 17.0 Å². The largest absolute Gasteiger partial charge is 0.737 e. The van der Waals surface area contributed by atoms with Crippen LogP contribution in [-0.4, -0.2) is 79.9 Å². The van der Waals surface area contributed by atoms with E-state index in [-0.39, 0.29) is 30.7 Å². The molecule has 4 aliphatic heterocycles. The third kappa shape index (κ3) is 5.40. The van der Waals surface area contributed by atoms with Gasteiger partial charge in [0.15, 0.2) is 11.4 Å². The minimum atomic E-state index is -4.04. The second-order valence-corrected chi connectivity index (χ2v) is 13.4. The molecule has 3 aromatic rings. The number of carbonyl (C=O) groups is 2. The number of rotatable bonds is 9. The summed E-state index contributed by atoms with van der Waals surface area (Å²) in [6.07, 6.45) is 11.7. The molecule has 3 atom stereocenters. The number of carbonyl (C=O) groups excluding carboxylic acids is 2. The molecule has 2 saturated heterocycles. The van der Waals surface area contributed by atoms with Gasteiger partial charge >= 0.3 is 6.97 Å². The second-order valence-electron chi connectivity index (χ2n) is 13.4. The summed E-state index contributed by atoms with van der Waals surface area (Å²) in [6.45, 7) is 0.445. The number of piperidine rings is 2. The lowest BCUT2D eigenvalue weighted by Gasteiger charge is -2.47. The summed E-state index contributed by atoms with van der Waals surface area (Å²) in [5.74, 6) is -0.320. The number of aromatic nitrogens is 3. The normalized spacial score (nSPS) is 23.3. The van der Waals surface area contributed by atoms with Crippen LogP contribution in [0.15, 0.2) is 48.2 Å². The molecule has 2 bridgehead atoms. The molecule has 7 rings (SSSR count). The SMILES string of the molecule is Cc1cc(C)n2c1C=C1C=CC(CCC(=O)NCCCn3nc(C(=O)NC4C[C@H]5CCC[C@@H](C4)N5C)c4ccccc43)=[N+]1[B-]2(F)F. The first-order valence-electron chi connectivity index (χ1n) is 16.6. The van der Waals surface area contributed by atoms with Crippen molar-refractivity contribution < 1.29 is 22.7 Å². The molecule has 1 aromatic carbocycles. The van der Waals surface area contributed by atoms with Crippen molar-refractivity contribution in [1.29, 1.82) is 0 Å². The highest BCUT2D eigenvalue weighted by atomic mass is 19.2. The summed E-state index contributed by atoms with van der Waals surface area (Å²) >= 11 is 0. The number of allylic oxidation sites excluding steroid dienone is 2. The average molecular weight is 630 g/mol. The van der Waals surface area contributed by atoms with Gasteiger partial charge in [0.05, 0.1) is 5.52 Å². The number of nitrogens with zero attached hydrogens (tertiary/aromatic N) is 5. The molecule has 242 valence electrons. The maximum absolute atomic E-state index is 15.7. The molecule has 0 spiro atoms. The third-order valence-corrected chi connectivity index (χ3v) is 10.4. The maximum atomic E-state index is 15.7. The van der Waals surface area contributed by atoms with E-state index < -0.39 is 6.97 Å². The van der Waals surface area contributed by atoms with Gasteiger partial charge in [-0.3, -0.25) is 14.3 Å². The number of amides is 2. The predicted molar refractivity (Wildman–Crippen MR) is 176 cm³/mol. The number of hydrogen-bond donors (Lipinski definition) is 2.